The molecule has 0 aromatic carbocycles. The fraction of sp³-hybridized carbons (Fsp3) is 0.667. The Kier molecular flexibility index (Phi) is 49.6. The smallest absolute Gasteiger partial charge is 0.687 e. The minimum atomic E-state index is 0. The summed E-state index contributed by atoms with van der Waals surface area (Å²) >= 11 is 0. The number of nitrogens with one attached hydrogen (secondary N) is 4. The summed E-state index contributed by atoms with van der Waals surface area (Å²) in [5.41, 5.74) is 10.7. The van der Waals surface area contributed by atoms with E-state index >= 15 is 0 Å². The standard InChI is InChI=1S/2C16H29N4O4.C5H10N.C5H6N.2Co/c2*1-12(8-4-6-10-15(19-23)13(2)17-21)9-5-7-11-16(20-24)14(3)18-22;2*1-2-4-6-5-3-1;;/h2*12,17-18,21-22H,1,4-11H2,2-3H3;1-5H2;1-4H,5H2;;/q4*-1;2*+2. The second-order valence-electron chi connectivity index (χ2n) is 14.7. The minimum absolute atomic E-state index is 0. The van der Waals surface area contributed by atoms with Crippen molar-refractivity contribution in [2.45, 2.75) is 150 Å². The van der Waals surface area contributed by atoms with E-state index in [2.05, 4.69) is 45.2 Å². The van der Waals surface area contributed by atoms with E-state index in [-0.39, 0.29) is 33.6 Å². The van der Waals surface area contributed by atoms with E-state index in [1.807, 2.05) is 40.1 Å². The normalized spacial score (nSPS) is 15.1. The van der Waals surface area contributed by atoms with Gasteiger partial charge in [-0.1, -0.05) is 82.8 Å². The molecule has 1 fully saturated rings. The Bertz CT molecular complexity index is 1170. The Morgan fingerprint density at radius 1 is 0.532 bits per heavy atom. The van der Waals surface area contributed by atoms with Crippen LogP contribution in [0.25, 0.3) is 10.6 Å². The molecule has 1 saturated heterocycles. The Labute approximate surface area is 390 Å². The molecule has 0 atom stereocenters. The van der Waals surface area contributed by atoms with Gasteiger partial charge in [-0.3, -0.25) is 42.7 Å². The number of nitrogens with zero attached hydrogens (tertiary/aromatic N) is 6. The third-order valence-corrected chi connectivity index (χ3v) is 9.73. The molecule has 8 N–H and O–H groups in total. The van der Waals surface area contributed by atoms with Gasteiger partial charge in [0.15, 0.2) is 0 Å². The molecular formula is C42H74Co2N10O8. The molecule has 2 radical (unpaired) electrons. The topological polar surface area (TPSA) is 275 Å². The van der Waals surface area contributed by atoms with Gasteiger partial charge in [0.2, 0.25) is 0 Å². The molecule has 62 heavy (non-hydrogen) atoms. The van der Waals surface area contributed by atoms with Crippen molar-refractivity contribution in [2.24, 2.45) is 32.5 Å². The predicted octanol–water partition coefficient (Wildman–Crippen LogP) is 12.0. The van der Waals surface area contributed by atoms with Gasteiger partial charge in [0.25, 0.3) is 0 Å². The van der Waals surface area contributed by atoms with Gasteiger partial charge >= 0.3 is 33.6 Å². The molecule has 0 aromatic heterocycles. The van der Waals surface area contributed by atoms with Crippen molar-refractivity contribution < 1.29 is 54.4 Å². The van der Waals surface area contributed by atoms with E-state index in [1.165, 1.54) is 19.3 Å². The molecule has 0 aromatic rings. The quantitative estimate of drug-likeness (QED) is 0.0157. The summed E-state index contributed by atoms with van der Waals surface area (Å²) in [5.74, 6) is 0.625. The maximum atomic E-state index is 10.6. The first-order valence-corrected chi connectivity index (χ1v) is 21.0. The molecule has 18 nitrogen and oxygen atoms in total. The Balaban J connectivity index is -0.000000413. The van der Waals surface area contributed by atoms with Crippen LogP contribution in [0.3, 0.4) is 0 Å². The number of hydrogen-bond acceptors (Lipinski definition) is 16. The van der Waals surface area contributed by atoms with Crippen molar-refractivity contribution in [1.82, 2.24) is 21.9 Å². The van der Waals surface area contributed by atoms with Crippen molar-refractivity contribution in [2.75, 3.05) is 19.6 Å². The summed E-state index contributed by atoms with van der Waals surface area (Å²) < 4.78 is 0. The van der Waals surface area contributed by atoms with Crippen LogP contribution in [0, 0.1) is 45.3 Å². The van der Waals surface area contributed by atoms with E-state index in [1.54, 1.807) is 33.9 Å². The number of hydrogen-bond donors (Lipinski definition) is 8. The summed E-state index contributed by atoms with van der Waals surface area (Å²) in [7, 11) is 0. The van der Waals surface area contributed by atoms with Gasteiger partial charge in [0.1, 0.15) is 22.8 Å². The fourth-order valence-corrected chi connectivity index (χ4v) is 5.76. The minimum Gasteiger partial charge on any atom is -0.687 e. The second kappa shape index (κ2) is 47.1. The summed E-state index contributed by atoms with van der Waals surface area (Å²) in [6.45, 7) is 17.8. The van der Waals surface area contributed by atoms with E-state index < -0.39 is 0 Å². The SMILES string of the molecule is C1=CC[N-]C=C1.C1CC[N-]CC1.[CH2-]C(CCCCC(N=O)=C(C)NO)CCCCC(N=O)=C(C)NO.[CH2-]C(CCCCC(N=O)=C(C)NO)CCCCC(N=O)=C(C)NO.[Co+2].[Co+2]. The molecule has 2 aliphatic rings. The second-order valence-corrected chi connectivity index (χ2v) is 14.7. The monoisotopic (exact) mass is 964 g/mol. The van der Waals surface area contributed by atoms with Gasteiger partial charge in [0.05, 0.1) is 22.8 Å². The third kappa shape index (κ3) is 37.2. The zero-order valence-electron chi connectivity index (χ0n) is 37.2. The molecule has 20 heteroatoms. The first-order valence-electron chi connectivity index (χ1n) is 21.0. The Morgan fingerprint density at radius 3 is 0.984 bits per heavy atom. The van der Waals surface area contributed by atoms with Crippen molar-refractivity contribution in [3.8, 4) is 0 Å². The van der Waals surface area contributed by atoms with Crippen LogP contribution in [-0.2, 0) is 33.6 Å². The van der Waals surface area contributed by atoms with E-state index in [0.717, 1.165) is 96.7 Å². The number of piperidine rings is 1. The number of unbranched alkanes of at least 4 members (excludes halogenated alkanes) is 4. The Morgan fingerprint density at radius 2 is 0.839 bits per heavy atom. The van der Waals surface area contributed by atoms with E-state index in [4.69, 9.17) is 20.8 Å². The van der Waals surface area contributed by atoms with Gasteiger partial charge in [-0.05, 0) is 99.8 Å². The molecule has 0 unspecified atom stereocenters. The van der Waals surface area contributed by atoms with Gasteiger partial charge < -0.3 is 24.5 Å². The summed E-state index contributed by atoms with van der Waals surface area (Å²) in [4.78, 5) is 42.5. The third-order valence-electron chi connectivity index (χ3n) is 9.73. The van der Waals surface area contributed by atoms with Gasteiger partial charge in [-0.15, -0.1) is 45.3 Å². The summed E-state index contributed by atoms with van der Waals surface area (Å²) in [6.07, 6.45) is 24.7. The van der Waals surface area contributed by atoms with Crippen LogP contribution in [0.5, 0.6) is 0 Å². The van der Waals surface area contributed by atoms with Crippen LogP contribution in [0.4, 0.5) is 0 Å². The Hall–Kier alpha value is -3.35. The summed E-state index contributed by atoms with van der Waals surface area (Å²) in [5, 5.41) is 54.7. The van der Waals surface area contributed by atoms with Crippen LogP contribution in [0.1, 0.15) is 150 Å². The van der Waals surface area contributed by atoms with E-state index in [9.17, 15) is 19.6 Å². The van der Waals surface area contributed by atoms with Crippen LogP contribution in [0.2, 0.25) is 0 Å². The number of rotatable bonds is 28. The van der Waals surface area contributed by atoms with Crippen LogP contribution < -0.4 is 21.9 Å². The van der Waals surface area contributed by atoms with E-state index in [0.29, 0.717) is 83.1 Å². The average molecular weight is 965 g/mol. The zero-order valence-corrected chi connectivity index (χ0v) is 39.3. The first-order chi connectivity index (χ1) is 29.0. The van der Waals surface area contributed by atoms with Gasteiger partial charge in [-0.2, -0.15) is 18.0 Å². The largest absolute Gasteiger partial charge is 2.00 e. The molecular weight excluding hydrogens is 890 g/mol. The number of allylic oxidation sites excluding steroid dienone is 10. The maximum absolute atomic E-state index is 10.6. The summed E-state index contributed by atoms with van der Waals surface area (Å²) in [6, 6.07) is 0. The van der Waals surface area contributed by atoms with Gasteiger partial charge in [-0.25, -0.2) is 0 Å². The fourth-order valence-electron chi connectivity index (χ4n) is 5.76. The van der Waals surface area contributed by atoms with Crippen LogP contribution in [-0.4, -0.2) is 40.5 Å². The van der Waals surface area contributed by atoms with Crippen molar-refractivity contribution in [1.29, 1.82) is 0 Å². The molecule has 2 aliphatic heterocycles. The molecule has 0 aliphatic carbocycles. The molecule has 0 amide bonds. The molecule has 358 valence electrons. The molecule has 2 rings (SSSR count). The molecule has 0 saturated carbocycles. The maximum Gasteiger partial charge on any atom is 2.00 e. The number of nitroso groups, excluding NO2 is 4. The molecule has 0 spiro atoms. The van der Waals surface area contributed by atoms with Crippen LogP contribution >= 0.6 is 0 Å². The van der Waals surface area contributed by atoms with Gasteiger partial charge in [0, 0.05) is 0 Å². The first kappa shape index (κ1) is 65.3. The van der Waals surface area contributed by atoms with Crippen LogP contribution in [0.15, 0.2) is 90.7 Å². The number of hydroxylamine groups is 4. The average Bonchev–Trinajstić information content (AvgIpc) is 3.29. The van der Waals surface area contributed by atoms with Crippen molar-refractivity contribution >= 4 is 0 Å². The predicted molar refractivity (Wildman–Crippen MR) is 239 cm³/mol. The van der Waals surface area contributed by atoms with Crippen molar-refractivity contribution in [3.05, 3.63) is 114 Å². The van der Waals surface area contributed by atoms with Crippen molar-refractivity contribution in [3.63, 3.8) is 0 Å². The zero-order chi connectivity index (χ0) is 45.2. The molecule has 0 bridgehead atoms. The molecule has 2 heterocycles.